The van der Waals surface area contributed by atoms with Gasteiger partial charge in [0, 0.05) is 12.7 Å². The van der Waals surface area contributed by atoms with Crippen LogP contribution < -0.4 is 16.3 Å². The smallest absolute Gasteiger partial charge is 0.407 e. The Labute approximate surface area is 112 Å². The number of carbonyl (C=O) groups is 2. The van der Waals surface area contributed by atoms with E-state index < -0.39 is 17.7 Å². The summed E-state index contributed by atoms with van der Waals surface area (Å²) in [7, 11) is 1.30. The number of amides is 1. The summed E-state index contributed by atoms with van der Waals surface area (Å²) < 4.78 is 9.64. The van der Waals surface area contributed by atoms with Gasteiger partial charge in [-0.15, -0.1) is 5.53 Å². The SMILES string of the molecule is COC(=O)C1=CN(CCNC(=O)OC(C)(C)C)NN1. The summed E-state index contributed by atoms with van der Waals surface area (Å²) >= 11 is 0. The molecule has 0 atom stereocenters. The topological polar surface area (TPSA) is 91.9 Å². The van der Waals surface area contributed by atoms with Gasteiger partial charge in [-0.3, -0.25) is 10.4 Å². The minimum absolute atomic E-state index is 0.305. The molecular formula is C11H20N4O4. The average molecular weight is 272 g/mol. The molecule has 1 rings (SSSR count). The van der Waals surface area contributed by atoms with E-state index >= 15 is 0 Å². The molecule has 0 fully saturated rings. The van der Waals surface area contributed by atoms with Crippen LogP contribution in [0.25, 0.3) is 0 Å². The van der Waals surface area contributed by atoms with E-state index in [1.165, 1.54) is 7.11 Å². The van der Waals surface area contributed by atoms with Gasteiger partial charge in [0.25, 0.3) is 0 Å². The zero-order chi connectivity index (χ0) is 14.5. The third-order valence-electron chi connectivity index (χ3n) is 2.05. The number of nitrogens with one attached hydrogen (secondary N) is 3. The van der Waals surface area contributed by atoms with Gasteiger partial charge in [-0.05, 0) is 20.8 Å². The average Bonchev–Trinajstić information content (AvgIpc) is 2.74. The zero-order valence-electron chi connectivity index (χ0n) is 11.6. The summed E-state index contributed by atoms with van der Waals surface area (Å²) in [4.78, 5) is 22.6. The van der Waals surface area contributed by atoms with Crippen molar-refractivity contribution in [2.24, 2.45) is 0 Å². The molecule has 0 aromatic heterocycles. The fourth-order valence-electron chi connectivity index (χ4n) is 1.28. The van der Waals surface area contributed by atoms with Crippen molar-refractivity contribution in [2.45, 2.75) is 26.4 Å². The van der Waals surface area contributed by atoms with Crippen molar-refractivity contribution in [3.63, 3.8) is 0 Å². The minimum atomic E-state index is -0.518. The standard InChI is InChI=1S/C11H20N4O4/c1-11(2,3)19-10(17)12-5-6-15-7-8(13-14-15)9(16)18-4/h7,13-14H,5-6H2,1-4H3,(H,12,17). The molecule has 0 aliphatic carbocycles. The molecule has 0 saturated heterocycles. The molecule has 0 radical (unpaired) electrons. The quantitative estimate of drug-likeness (QED) is 0.613. The molecule has 0 unspecified atom stereocenters. The summed E-state index contributed by atoms with van der Waals surface area (Å²) in [5, 5.41) is 4.22. The Bertz CT molecular complexity index is 375. The van der Waals surface area contributed by atoms with Crippen LogP contribution in [0, 0.1) is 0 Å². The summed E-state index contributed by atoms with van der Waals surface area (Å²) in [6.45, 7) is 6.22. The Morgan fingerprint density at radius 2 is 2.11 bits per heavy atom. The van der Waals surface area contributed by atoms with Crippen molar-refractivity contribution in [1.82, 2.24) is 21.3 Å². The minimum Gasteiger partial charge on any atom is -0.464 e. The number of nitrogens with zero attached hydrogens (tertiary/aromatic N) is 1. The van der Waals surface area contributed by atoms with Crippen LogP contribution in [0.2, 0.25) is 0 Å². The molecule has 0 bridgehead atoms. The first-order valence-electron chi connectivity index (χ1n) is 5.87. The number of alkyl carbamates (subject to hydrolysis) is 1. The highest BCUT2D eigenvalue weighted by Gasteiger charge is 2.19. The number of methoxy groups -OCH3 is 1. The fraction of sp³-hybridized carbons (Fsp3) is 0.636. The summed E-state index contributed by atoms with van der Waals surface area (Å²) in [6, 6.07) is 0. The Hall–Kier alpha value is -1.96. The van der Waals surface area contributed by atoms with E-state index in [4.69, 9.17) is 4.74 Å². The maximum Gasteiger partial charge on any atom is 0.407 e. The van der Waals surface area contributed by atoms with Crippen molar-refractivity contribution in [3.8, 4) is 0 Å². The zero-order valence-corrected chi connectivity index (χ0v) is 11.6. The van der Waals surface area contributed by atoms with Crippen molar-refractivity contribution in [1.29, 1.82) is 0 Å². The Morgan fingerprint density at radius 1 is 1.42 bits per heavy atom. The summed E-state index contributed by atoms with van der Waals surface area (Å²) in [5.41, 5.74) is 5.18. The molecule has 1 amide bonds. The van der Waals surface area contributed by atoms with Crippen molar-refractivity contribution >= 4 is 12.1 Å². The van der Waals surface area contributed by atoms with Crippen molar-refractivity contribution in [2.75, 3.05) is 20.2 Å². The Morgan fingerprint density at radius 3 is 2.68 bits per heavy atom. The highest BCUT2D eigenvalue weighted by molar-refractivity contribution is 5.87. The normalized spacial score (nSPS) is 14.5. The fourth-order valence-corrected chi connectivity index (χ4v) is 1.28. The van der Waals surface area contributed by atoms with Gasteiger partial charge in [0.15, 0.2) is 5.70 Å². The molecule has 0 aromatic carbocycles. The van der Waals surface area contributed by atoms with Crippen LogP contribution in [0.1, 0.15) is 20.8 Å². The Balaban J connectivity index is 2.26. The first kappa shape index (κ1) is 15.1. The van der Waals surface area contributed by atoms with Crippen LogP contribution in [0.4, 0.5) is 4.79 Å². The van der Waals surface area contributed by atoms with E-state index in [9.17, 15) is 9.59 Å². The van der Waals surface area contributed by atoms with Crippen LogP contribution in [0.3, 0.4) is 0 Å². The number of hydrogen-bond acceptors (Lipinski definition) is 7. The van der Waals surface area contributed by atoms with Crippen molar-refractivity contribution < 1.29 is 19.1 Å². The maximum absolute atomic E-state index is 11.4. The van der Waals surface area contributed by atoms with E-state index in [2.05, 4.69) is 21.0 Å². The van der Waals surface area contributed by atoms with Crippen LogP contribution >= 0.6 is 0 Å². The molecule has 0 spiro atoms. The van der Waals surface area contributed by atoms with Gasteiger partial charge in [-0.25, -0.2) is 9.59 Å². The highest BCUT2D eigenvalue weighted by Crippen LogP contribution is 2.06. The summed E-state index contributed by atoms with van der Waals surface area (Å²) in [6.07, 6.45) is 1.08. The van der Waals surface area contributed by atoms with Gasteiger partial charge < -0.3 is 14.8 Å². The highest BCUT2D eigenvalue weighted by atomic mass is 16.6. The van der Waals surface area contributed by atoms with Gasteiger partial charge in [-0.2, -0.15) is 0 Å². The van der Waals surface area contributed by atoms with E-state index in [1.54, 1.807) is 32.0 Å². The van der Waals surface area contributed by atoms with Crippen LogP contribution in [-0.2, 0) is 14.3 Å². The number of hydrazine groups is 2. The molecule has 3 N–H and O–H groups in total. The lowest BCUT2D eigenvalue weighted by atomic mass is 10.2. The lowest BCUT2D eigenvalue weighted by molar-refractivity contribution is -0.136. The Kier molecular flexibility index (Phi) is 4.99. The molecule has 0 aromatic rings. The number of rotatable bonds is 4. The molecule has 108 valence electrons. The molecule has 0 saturated carbocycles. The molecule has 1 aliphatic rings. The van der Waals surface area contributed by atoms with Gasteiger partial charge in [0.1, 0.15) is 5.60 Å². The van der Waals surface area contributed by atoms with Crippen LogP contribution in [0.5, 0.6) is 0 Å². The van der Waals surface area contributed by atoms with Gasteiger partial charge in [-0.1, -0.05) is 0 Å². The maximum atomic E-state index is 11.4. The molecule has 8 heteroatoms. The van der Waals surface area contributed by atoms with E-state index in [1.807, 2.05) is 0 Å². The second-order valence-electron chi connectivity index (χ2n) is 4.89. The lowest BCUT2D eigenvalue weighted by Crippen LogP contribution is -2.42. The monoisotopic (exact) mass is 272 g/mol. The number of esters is 1. The van der Waals surface area contributed by atoms with Crippen LogP contribution in [0.15, 0.2) is 11.9 Å². The second kappa shape index (κ2) is 6.28. The van der Waals surface area contributed by atoms with Gasteiger partial charge >= 0.3 is 12.1 Å². The van der Waals surface area contributed by atoms with Crippen LogP contribution in [-0.4, -0.2) is 42.9 Å². The first-order valence-corrected chi connectivity index (χ1v) is 5.87. The molecule has 19 heavy (non-hydrogen) atoms. The van der Waals surface area contributed by atoms with E-state index in [0.29, 0.717) is 18.8 Å². The number of carbonyl (C=O) groups excluding carboxylic acids is 2. The largest absolute Gasteiger partial charge is 0.464 e. The lowest BCUT2D eigenvalue weighted by Gasteiger charge is -2.20. The molecular weight excluding hydrogens is 252 g/mol. The first-order chi connectivity index (χ1) is 8.81. The number of ether oxygens (including phenoxy) is 2. The second-order valence-corrected chi connectivity index (χ2v) is 4.89. The molecule has 1 heterocycles. The summed E-state index contributed by atoms with van der Waals surface area (Å²) in [5.74, 6) is -0.463. The molecule has 8 nitrogen and oxygen atoms in total. The predicted molar refractivity (Wildman–Crippen MR) is 67.3 cm³/mol. The predicted octanol–water partition coefficient (Wildman–Crippen LogP) is -0.150. The third-order valence-corrected chi connectivity index (χ3v) is 2.05. The van der Waals surface area contributed by atoms with E-state index in [-0.39, 0.29) is 0 Å². The van der Waals surface area contributed by atoms with Crippen molar-refractivity contribution in [3.05, 3.63) is 11.9 Å². The molecule has 1 aliphatic heterocycles. The third kappa shape index (κ3) is 5.47. The van der Waals surface area contributed by atoms with E-state index in [0.717, 1.165) is 0 Å². The van der Waals surface area contributed by atoms with Gasteiger partial charge in [0.05, 0.1) is 13.7 Å². The van der Waals surface area contributed by atoms with Gasteiger partial charge in [0.2, 0.25) is 0 Å². The number of hydrogen-bond donors (Lipinski definition) is 3.